The summed E-state index contributed by atoms with van der Waals surface area (Å²) in [6, 6.07) is 14.3. The van der Waals surface area contributed by atoms with Crippen molar-refractivity contribution in [3.05, 3.63) is 70.1 Å². The quantitative estimate of drug-likeness (QED) is 0.700. The van der Waals surface area contributed by atoms with Crippen LogP contribution in [0.5, 0.6) is 0 Å². The molecule has 0 atom stereocenters. The summed E-state index contributed by atoms with van der Waals surface area (Å²) >= 11 is 0. The molecule has 27 heavy (non-hydrogen) atoms. The maximum Gasteiger partial charge on any atom is 0.328 e. The molecule has 1 amide bonds. The molecule has 0 aliphatic heterocycles. The van der Waals surface area contributed by atoms with Crippen molar-refractivity contribution in [2.24, 2.45) is 0 Å². The van der Waals surface area contributed by atoms with Gasteiger partial charge in [-0.2, -0.15) is 5.10 Å². The predicted molar refractivity (Wildman–Crippen MR) is 102 cm³/mol. The van der Waals surface area contributed by atoms with E-state index in [4.69, 9.17) is 4.74 Å². The number of aryl methyl sites for hydroxylation is 2. The highest BCUT2D eigenvalue weighted by atomic mass is 16.5. The van der Waals surface area contributed by atoms with E-state index < -0.39 is 18.5 Å². The molecule has 7 nitrogen and oxygen atoms in total. The Hall–Kier alpha value is -3.48. The third kappa shape index (κ3) is 4.38. The zero-order valence-corrected chi connectivity index (χ0v) is 15.1. The average molecular weight is 365 g/mol. The fraction of sp³-hybridized carbons (Fsp3) is 0.200. The monoisotopic (exact) mass is 365 g/mol. The highest BCUT2D eigenvalue weighted by Crippen LogP contribution is 2.12. The van der Waals surface area contributed by atoms with E-state index in [1.165, 1.54) is 0 Å². The van der Waals surface area contributed by atoms with E-state index in [0.717, 1.165) is 15.6 Å². The second-order valence-corrected chi connectivity index (χ2v) is 6.17. The lowest BCUT2D eigenvalue weighted by molar-refractivity contribution is -0.148. The average Bonchev–Trinajstić information content (AvgIpc) is 2.66. The molecule has 0 radical (unpaired) electrons. The SMILES string of the molecule is Cc1ccc(NC(=O)COC(=O)Cn2nc(C)c3ccccc3c2=O)cc1. The normalized spacial score (nSPS) is 10.6. The number of hydrogen-bond donors (Lipinski definition) is 1. The van der Waals surface area contributed by atoms with Gasteiger partial charge in [0.05, 0.1) is 11.1 Å². The first-order chi connectivity index (χ1) is 12.9. The summed E-state index contributed by atoms with van der Waals surface area (Å²) in [5.74, 6) is -1.17. The predicted octanol–water partition coefficient (Wildman–Crippen LogP) is 2.20. The van der Waals surface area contributed by atoms with Crippen LogP contribution in [0, 0.1) is 13.8 Å². The van der Waals surface area contributed by atoms with Crippen molar-refractivity contribution in [1.29, 1.82) is 0 Å². The molecular weight excluding hydrogens is 346 g/mol. The van der Waals surface area contributed by atoms with Crippen LogP contribution in [-0.4, -0.2) is 28.3 Å². The molecule has 0 unspecified atom stereocenters. The van der Waals surface area contributed by atoms with Crippen LogP contribution in [0.25, 0.3) is 10.8 Å². The molecule has 0 fully saturated rings. The van der Waals surface area contributed by atoms with Crippen molar-refractivity contribution in [2.75, 3.05) is 11.9 Å². The van der Waals surface area contributed by atoms with E-state index in [-0.39, 0.29) is 12.1 Å². The van der Waals surface area contributed by atoms with Crippen molar-refractivity contribution >= 4 is 28.3 Å². The van der Waals surface area contributed by atoms with Crippen LogP contribution >= 0.6 is 0 Å². The van der Waals surface area contributed by atoms with Gasteiger partial charge in [0.15, 0.2) is 6.61 Å². The molecular formula is C20H19N3O4. The van der Waals surface area contributed by atoms with Crippen LogP contribution < -0.4 is 10.9 Å². The number of nitrogens with one attached hydrogen (secondary N) is 1. The molecule has 0 bridgehead atoms. The van der Waals surface area contributed by atoms with Gasteiger partial charge in [-0.3, -0.25) is 14.4 Å². The van der Waals surface area contributed by atoms with E-state index in [2.05, 4.69) is 10.4 Å². The second-order valence-electron chi connectivity index (χ2n) is 6.17. The van der Waals surface area contributed by atoms with Gasteiger partial charge in [-0.05, 0) is 32.0 Å². The highest BCUT2D eigenvalue weighted by Gasteiger charge is 2.13. The summed E-state index contributed by atoms with van der Waals surface area (Å²) in [7, 11) is 0. The van der Waals surface area contributed by atoms with E-state index in [0.29, 0.717) is 16.8 Å². The maximum atomic E-state index is 12.4. The molecule has 3 rings (SSSR count). The molecule has 0 aliphatic carbocycles. The fourth-order valence-corrected chi connectivity index (χ4v) is 2.66. The van der Waals surface area contributed by atoms with Crippen molar-refractivity contribution in [3.8, 4) is 0 Å². The topological polar surface area (TPSA) is 90.3 Å². The van der Waals surface area contributed by atoms with Gasteiger partial charge < -0.3 is 10.1 Å². The maximum absolute atomic E-state index is 12.4. The number of amides is 1. The molecule has 0 saturated heterocycles. The third-order valence-electron chi connectivity index (χ3n) is 4.03. The lowest BCUT2D eigenvalue weighted by atomic mass is 10.1. The van der Waals surface area contributed by atoms with Crippen LogP contribution in [0.1, 0.15) is 11.3 Å². The lowest BCUT2D eigenvalue weighted by Gasteiger charge is -2.09. The molecule has 1 heterocycles. The smallest absolute Gasteiger partial charge is 0.328 e. The van der Waals surface area contributed by atoms with Crippen LogP contribution in [-0.2, 0) is 20.9 Å². The second kappa shape index (κ2) is 7.82. The van der Waals surface area contributed by atoms with Crippen molar-refractivity contribution < 1.29 is 14.3 Å². The minimum Gasteiger partial charge on any atom is -0.454 e. The van der Waals surface area contributed by atoms with Crippen molar-refractivity contribution in [3.63, 3.8) is 0 Å². The van der Waals surface area contributed by atoms with Crippen LogP contribution in [0.4, 0.5) is 5.69 Å². The summed E-state index contributed by atoms with van der Waals surface area (Å²) < 4.78 is 6.01. The Bertz CT molecular complexity index is 1060. The van der Waals surface area contributed by atoms with Gasteiger partial charge >= 0.3 is 5.97 Å². The van der Waals surface area contributed by atoms with E-state index in [9.17, 15) is 14.4 Å². The van der Waals surface area contributed by atoms with E-state index in [1.807, 2.05) is 25.1 Å². The zero-order chi connectivity index (χ0) is 19.4. The number of carbonyl (C=O) groups is 2. The number of carbonyl (C=O) groups excluding carboxylic acids is 2. The molecule has 0 aliphatic rings. The summed E-state index contributed by atoms with van der Waals surface area (Å²) in [6.07, 6.45) is 0. The standard InChI is InChI=1S/C20H19N3O4/c1-13-7-9-15(10-8-13)21-18(24)12-27-19(25)11-23-20(26)17-6-4-3-5-16(17)14(2)22-23/h3-10H,11-12H2,1-2H3,(H,21,24). The Balaban J connectivity index is 1.62. The van der Waals surface area contributed by atoms with Gasteiger partial charge in [0, 0.05) is 11.1 Å². The number of hydrogen-bond acceptors (Lipinski definition) is 5. The number of aromatic nitrogens is 2. The Labute approximate surface area is 155 Å². The molecule has 138 valence electrons. The molecule has 2 aromatic carbocycles. The number of rotatable bonds is 5. The van der Waals surface area contributed by atoms with Gasteiger partial charge in [0.25, 0.3) is 11.5 Å². The van der Waals surface area contributed by atoms with Crippen molar-refractivity contribution in [1.82, 2.24) is 9.78 Å². The van der Waals surface area contributed by atoms with Crippen LogP contribution in [0.3, 0.4) is 0 Å². The molecule has 0 saturated carbocycles. The number of esters is 1. The van der Waals surface area contributed by atoms with Crippen LogP contribution in [0.15, 0.2) is 53.3 Å². The molecule has 0 spiro atoms. The molecule has 1 aromatic heterocycles. The highest BCUT2D eigenvalue weighted by molar-refractivity contribution is 5.92. The minimum atomic E-state index is -0.710. The number of anilines is 1. The first-order valence-electron chi connectivity index (χ1n) is 8.42. The van der Waals surface area contributed by atoms with Crippen molar-refractivity contribution in [2.45, 2.75) is 20.4 Å². The first-order valence-corrected chi connectivity index (χ1v) is 8.42. The number of nitrogens with zero attached hydrogens (tertiary/aromatic N) is 2. The Kier molecular flexibility index (Phi) is 5.30. The zero-order valence-electron chi connectivity index (χ0n) is 15.1. The van der Waals surface area contributed by atoms with Gasteiger partial charge in [-0.1, -0.05) is 35.9 Å². The fourth-order valence-electron chi connectivity index (χ4n) is 2.66. The summed E-state index contributed by atoms with van der Waals surface area (Å²) in [6.45, 7) is 2.91. The first kappa shape index (κ1) is 18.3. The summed E-state index contributed by atoms with van der Waals surface area (Å²) in [4.78, 5) is 36.3. The van der Waals surface area contributed by atoms with E-state index >= 15 is 0 Å². The molecule has 3 aromatic rings. The number of ether oxygens (including phenoxy) is 1. The minimum absolute atomic E-state index is 0.359. The third-order valence-corrected chi connectivity index (χ3v) is 4.03. The van der Waals surface area contributed by atoms with Gasteiger partial charge in [-0.15, -0.1) is 0 Å². The molecule has 1 N–H and O–H groups in total. The summed E-state index contributed by atoms with van der Waals surface area (Å²) in [5, 5.41) is 8.00. The Morgan fingerprint density at radius 1 is 1.04 bits per heavy atom. The van der Waals surface area contributed by atoms with E-state index in [1.54, 1.807) is 37.3 Å². The Morgan fingerprint density at radius 2 is 1.70 bits per heavy atom. The van der Waals surface area contributed by atoms with Gasteiger partial charge in [-0.25, -0.2) is 4.68 Å². The van der Waals surface area contributed by atoms with Gasteiger partial charge in [0.2, 0.25) is 0 Å². The summed E-state index contributed by atoms with van der Waals surface area (Å²) in [5.41, 5.74) is 1.94. The lowest BCUT2D eigenvalue weighted by Crippen LogP contribution is -2.30. The van der Waals surface area contributed by atoms with Crippen LogP contribution in [0.2, 0.25) is 0 Å². The Morgan fingerprint density at radius 3 is 2.41 bits per heavy atom. The number of fused-ring (bicyclic) bond motifs is 1. The molecule has 7 heteroatoms. The number of benzene rings is 2. The van der Waals surface area contributed by atoms with Gasteiger partial charge in [0.1, 0.15) is 6.54 Å². The largest absolute Gasteiger partial charge is 0.454 e.